The number of halogens is 1. The summed E-state index contributed by atoms with van der Waals surface area (Å²) in [5.74, 6) is 3.37. The van der Waals surface area contributed by atoms with Crippen LogP contribution in [0.2, 0.25) is 0 Å². The molecule has 5 N–H and O–H groups in total. The fraction of sp³-hybridized carbons (Fsp3) is 0.400. The van der Waals surface area contributed by atoms with E-state index in [1.807, 2.05) is 43.2 Å². The molecule has 2 aromatic carbocycles. The number of amides is 1. The summed E-state index contributed by atoms with van der Waals surface area (Å²) >= 11 is 0. The van der Waals surface area contributed by atoms with Crippen LogP contribution in [0.5, 0.6) is 0 Å². The standard InChI is InChI=1S/C25H33N5O6S.ClH/c1-16(2)30-23(19-9-7-18(8-10-19)14-28-26)12-20(36-30)13-24(31)27-15-22(25(32)33)29-37(34,35)21-6-4-5-17(3)11-21;/h4-11,14,16,20,22-23,29H,12-13,15,26H2,1-3H3,(H,27,31)(H,32,33);1H/t20-,22-,23+;/m0./s1. The minimum Gasteiger partial charge on any atom is -0.480 e. The molecule has 0 unspecified atom stereocenters. The molecule has 3 rings (SSSR count). The normalized spacial score (nSPS) is 18.8. The first kappa shape index (κ1) is 31.2. The van der Waals surface area contributed by atoms with Crippen LogP contribution in [0.1, 0.15) is 49.4 Å². The maximum atomic E-state index is 12.6. The summed E-state index contributed by atoms with van der Waals surface area (Å²) in [5.41, 5.74) is 2.60. The van der Waals surface area contributed by atoms with E-state index < -0.39 is 40.6 Å². The fourth-order valence-corrected chi connectivity index (χ4v) is 5.42. The molecular weight excluding hydrogens is 534 g/mol. The Morgan fingerprint density at radius 1 is 1.24 bits per heavy atom. The molecule has 0 spiro atoms. The third kappa shape index (κ3) is 8.23. The van der Waals surface area contributed by atoms with E-state index in [4.69, 9.17) is 10.7 Å². The maximum Gasteiger partial charge on any atom is 0.323 e. The number of carboxylic acids is 1. The molecule has 38 heavy (non-hydrogen) atoms. The van der Waals surface area contributed by atoms with Crippen molar-refractivity contribution >= 4 is 40.5 Å². The third-order valence-corrected chi connectivity index (χ3v) is 7.40. The van der Waals surface area contributed by atoms with E-state index >= 15 is 0 Å². The summed E-state index contributed by atoms with van der Waals surface area (Å²) in [6, 6.07) is 12.3. The number of aliphatic carboxylic acids is 1. The van der Waals surface area contributed by atoms with Crippen molar-refractivity contribution in [2.45, 2.75) is 62.7 Å². The quantitative estimate of drug-likeness (QED) is 0.182. The van der Waals surface area contributed by atoms with Crippen LogP contribution in [0.4, 0.5) is 0 Å². The highest BCUT2D eigenvalue weighted by Crippen LogP contribution is 2.36. The number of benzene rings is 2. The summed E-state index contributed by atoms with van der Waals surface area (Å²) in [5, 5.41) is 17.4. The Bertz CT molecular complexity index is 1240. The van der Waals surface area contributed by atoms with Crippen molar-refractivity contribution in [1.82, 2.24) is 15.1 Å². The largest absolute Gasteiger partial charge is 0.480 e. The van der Waals surface area contributed by atoms with Crippen molar-refractivity contribution in [3.8, 4) is 0 Å². The summed E-state index contributed by atoms with van der Waals surface area (Å²) in [7, 11) is -4.09. The third-order valence-electron chi connectivity index (χ3n) is 5.93. The van der Waals surface area contributed by atoms with Gasteiger partial charge in [0.05, 0.1) is 29.7 Å². The SMILES string of the molecule is Cc1cccc(S(=O)(=O)N[C@@H](CNC(=O)C[C@@H]2C[C@H](c3ccc(C=NN)cc3)N(C(C)C)O2)C(=O)O)c1.Cl. The first-order valence-corrected chi connectivity index (χ1v) is 13.3. The second kappa shape index (κ2) is 13.7. The highest BCUT2D eigenvalue weighted by atomic mass is 35.5. The predicted octanol–water partition coefficient (Wildman–Crippen LogP) is 2.10. The number of nitrogens with two attached hydrogens (primary N) is 1. The second-order valence-electron chi connectivity index (χ2n) is 9.21. The van der Waals surface area contributed by atoms with Gasteiger partial charge in [0.2, 0.25) is 15.9 Å². The van der Waals surface area contributed by atoms with E-state index in [9.17, 15) is 23.1 Å². The van der Waals surface area contributed by atoms with E-state index in [0.717, 1.165) is 11.1 Å². The first-order valence-electron chi connectivity index (χ1n) is 11.9. The van der Waals surface area contributed by atoms with Crippen LogP contribution >= 0.6 is 12.4 Å². The zero-order chi connectivity index (χ0) is 27.2. The molecule has 0 aromatic heterocycles. The van der Waals surface area contributed by atoms with Gasteiger partial charge < -0.3 is 16.3 Å². The smallest absolute Gasteiger partial charge is 0.323 e. The highest BCUT2D eigenvalue weighted by molar-refractivity contribution is 7.89. The Hall–Kier alpha value is -3.03. The number of carboxylic acid groups (broad SMARTS) is 1. The van der Waals surface area contributed by atoms with E-state index in [2.05, 4.69) is 15.1 Å². The van der Waals surface area contributed by atoms with Gasteiger partial charge in [-0.1, -0.05) is 36.4 Å². The van der Waals surface area contributed by atoms with Crippen molar-refractivity contribution in [3.05, 3.63) is 65.2 Å². The van der Waals surface area contributed by atoms with Gasteiger partial charge in [0, 0.05) is 12.6 Å². The minimum atomic E-state index is -4.09. The molecule has 1 aliphatic rings. The molecule has 0 radical (unpaired) electrons. The highest BCUT2D eigenvalue weighted by Gasteiger charge is 2.37. The van der Waals surface area contributed by atoms with Gasteiger partial charge >= 0.3 is 5.97 Å². The summed E-state index contributed by atoms with van der Waals surface area (Å²) < 4.78 is 27.4. The zero-order valence-corrected chi connectivity index (χ0v) is 23.0. The van der Waals surface area contributed by atoms with E-state index in [0.29, 0.717) is 12.0 Å². The van der Waals surface area contributed by atoms with Crippen LogP contribution in [-0.2, 0) is 24.4 Å². The van der Waals surface area contributed by atoms with E-state index in [1.165, 1.54) is 12.1 Å². The Morgan fingerprint density at radius 3 is 2.50 bits per heavy atom. The van der Waals surface area contributed by atoms with Gasteiger partial charge in [-0.15, -0.1) is 12.4 Å². The van der Waals surface area contributed by atoms with Gasteiger partial charge in [0.25, 0.3) is 0 Å². The average molecular weight is 568 g/mol. The second-order valence-corrected chi connectivity index (χ2v) is 10.9. The number of nitrogens with zero attached hydrogens (tertiary/aromatic N) is 2. The van der Waals surface area contributed by atoms with Crippen LogP contribution in [0.25, 0.3) is 0 Å². The maximum absolute atomic E-state index is 12.6. The molecule has 0 saturated carbocycles. The van der Waals surface area contributed by atoms with Gasteiger partial charge in [0.15, 0.2) is 0 Å². The Labute approximate surface area is 228 Å². The Kier molecular flexibility index (Phi) is 11.2. The van der Waals surface area contributed by atoms with Crippen LogP contribution in [0.3, 0.4) is 0 Å². The van der Waals surface area contributed by atoms with E-state index in [1.54, 1.807) is 25.3 Å². The molecule has 0 aliphatic carbocycles. The van der Waals surface area contributed by atoms with Crippen molar-refractivity contribution in [3.63, 3.8) is 0 Å². The fourth-order valence-electron chi connectivity index (χ4n) is 4.13. The molecule has 1 saturated heterocycles. The van der Waals surface area contributed by atoms with Crippen molar-refractivity contribution in [2.24, 2.45) is 10.9 Å². The topological polar surface area (TPSA) is 163 Å². The van der Waals surface area contributed by atoms with Gasteiger partial charge in [0.1, 0.15) is 6.04 Å². The van der Waals surface area contributed by atoms with Crippen LogP contribution in [0, 0.1) is 6.92 Å². The Balaban J connectivity index is 0.00000507. The molecule has 1 heterocycles. The molecule has 208 valence electrons. The van der Waals surface area contributed by atoms with Crippen molar-refractivity contribution in [1.29, 1.82) is 0 Å². The molecule has 1 aliphatic heterocycles. The minimum absolute atomic E-state index is 0. The van der Waals surface area contributed by atoms with Crippen LogP contribution in [-0.4, -0.2) is 61.4 Å². The lowest BCUT2D eigenvalue weighted by Gasteiger charge is -2.26. The molecule has 1 amide bonds. The number of carbonyl (C=O) groups is 2. The number of aryl methyl sites for hydroxylation is 1. The van der Waals surface area contributed by atoms with Gasteiger partial charge in [-0.3, -0.25) is 14.4 Å². The number of nitrogens with one attached hydrogen (secondary N) is 2. The van der Waals surface area contributed by atoms with Gasteiger partial charge in [-0.2, -0.15) is 14.9 Å². The predicted molar refractivity (Wildman–Crippen MR) is 145 cm³/mol. The average Bonchev–Trinajstić information content (AvgIpc) is 3.26. The van der Waals surface area contributed by atoms with Crippen molar-refractivity contribution < 1.29 is 28.0 Å². The summed E-state index contributed by atoms with van der Waals surface area (Å²) in [6.45, 7) is 5.30. The van der Waals surface area contributed by atoms with Crippen LogP contribution in [0.15, 0.2) is 58.5 Å². The van der Waals surface area contributed by atoms with Gasteiger partial charge in [-0.05, 0) is 56.0 Å². The number of hydrogen-bond donors (Lipinski definition) is 4. The summed E-state index contributed by atoms with van der Waals surface area (Å²) in [4.78, 5) is 30.3. The zero-order valence-electron chi connectivity index (χ0n) is 21.4. The molecule has 0 bridgehead atoms. The molecule has 13 heteroatoms. The van der Waals surface area contributed by atoms with Crippen molar-refractivity contribution in [2.75, 3.05) is 6.54 Å². The lowest BCUT2D eigenvalue weighted by atomic mass is 9.98. The first-order chi connectivity index (χ1) is 17.5. The molecule has 3 atom stereocenters. The Morgan fingerprint density at radius 2 is 1.92 bits per heavy atom. The number of carbonyl (C=O) groups excluding carboxylic acids is 1. The van der Waals surface area contributed by atoms with Crippen LogP contribution < -0.4 is 15.9 Å². The monoisotopic (exact) mass is 567 g/mol. The number of sulfonamides is 1. The molecular formula is C25H34ClN5O6S. The van der Waals surface area contributed by atoms with Gasteiger partial charge in [-0.25, -0.2) is 8.42 Å². The lowest BCUT2D eigenvalue weighted by molar-refractivity contribution is -0.185. The molecule has 1 fully saturated rings. The molecule has 11 nitrogen and oxygen atoms in total. The number of hydrazone groups is 1. The number of hydrogen-bond acceptors (Lipinski definition) is 8. The number of rotatable bonds is 11. The molecule has 2 aromatic rings. The lowest BCUT2D eigenvalue weighted by Crippen LogP contribution is -2.48. The number of hydroxylamine groups is 2. The van der Waals surface area contributed by atoms with E-state index in [-0.39, 0.29) is 35.8 Å². The summed E-state index contributed by atoms with van der Waals surface area (Å²) in [6.07, 6.45) is 1.67.